The number of amides is 2. The van der Waals surface area contributed by atoms with Crippen LogP contribution in [0.5, 0.6) is 0 Å². The van der Waals surface area contributed by atoms with Gasteiger partial charge in [0.25, 0.3) is 5.91 Å². The molecule has 174 valence electrons. The Morgan fingerprint density at radius 2 is 1.53 bits per heavy atom. The van der Waals surface area contributed by atoms with E-state index in [1.165, 1.54) is 18.2 Å². The number of nitrogens with zero attached hydrogens (tertiary/aromatic N) is 1. The van der Waals surface area contributed by atoms with Gasteiger partial charge in [-0.3, -0.25) is 14.5 Å². The SMILES string of the molecule is O=C(Nc1ccc(F)c(NC(=O)C2(N3CCOCC3)CC2)c1)c1ccc(-c2ccccc2)cc1. The Bertz CT molecular complexity index is 1190. The molecule has 0 unspecified atom stereocenters. The summed E-state index contributed by atoms with van der Waals surface area (Å²) in [5.41, 5.74) is 2.44. The van der Waals surface area contributed by atoms with Gasteiger partial charge in [0.2, 0.25) is 5.91 Å². The molecule has 0 bridgehead atoms. The zero-order chi connectivity index (χ0) is 23.5. The van der Waals surface area contributed by atoms with E-state index in [1.54, 1.807) is 12.1 Å². The zero-order valence-corrected chi connectivity index (χ0v) is 18.7. The van der Waals surface area contributed by atoms with Crippen molar-refractivity contribution >= 4 is 23.2 Å². The molecule has 1 heterocycles. The van der Waals surface area contributed by atoms with Crippen molar-refractivity contribution in [2.24, 2.45) is 0 Å². The van der Waals surface area contributed by atoms with E-state index in [0.29, 0.717) is 37.6 Å². The number of nitrogens with one attached hydrogen (secondary N) is 2. The molecule has 2 amide bonds. The van der Waals surface area contributed by atoms with Gasteiger partial charge in [-0.1, -0.05) is 42.5 Å². The van der Waals surface area contributed by atoms with Crippen molar-refractivity contribution in [2.75, 3.05) is 36.9 Å². The highest BCUT2D eigenvalue weighted by Crippen LogP contribution is 2.43. The fraction of sp³-hybridized carbons (Fsp3) is 0.259. The summed E-state index contributed by atoms with van der Waals surface area (Å²) < 4.78 is 19.9. The molecule has 2 fully saturated rings. The summed E-state index contributed by atoms with van der Waals surface area (Å²) in [6.45, 7) is 2.57. The Hall–Kier alpha value is -3.55. The van der Waals surface area contributed by atoms with Crippen molar-refractivity contribution in [1.82, 2.24) is 4.90 Å². The molecule has 0 aromatic heterocycles. The van der Waals surface area contributed by atoms with Crippen molar-refractivity contribution < 1.29 is 18.7 Å². The van der Waals surface area contributed by atoms with E-state index in [9.17, 15) is 14.0 Å². The average molecular weight is 460 g/mol. The summed E-state index contributed by atoms with van der Waals surface area (Å²) >= 11 is 0. The van der Waals surface area contributed by atoms with Crippen LogP contribution in [0, 0.1) is 5.82 Å². The maximum absolute atomic E-state index is 14.5. The fourth-order valence-electron chi connectivity index (χ4n) is 4.38. The van der Waals surface area contributed by atoms with Gasteiger partial charge >= 0.3 is 0 Å². The predicted octanol–water partition coefficient (Wildman–Crippen LogP) is 4.55. The summed E-state index contributed by atoms with van der Waals surface area (Å²) in [5.74, 6) is -1.07. The normalized spacial score (nSPS) is 17.1. The van der Waals surface area contributed by atoms with Gasteiger partial charge in [0, 0.05) is 24.3 Å². The summed E-state index contributed by atoms with van der Waals surface area (Å²) in [6, 6.07) is 21.4. The number of halogens is 1. The summed E-state index contributed by atoms with van der Waals surface area (Å²) in [4.78, 5) is 27.9. The lowest BCUT2D eigenvalue weighted by atomic mass is 10.0. The molecule has 6 nitrogen and oxygen atoms in total. The minimum Gasteiger partial charge on any atom is -0.379 e. The number of rotatable bonds is 6. The van der Waals surface area contributed by atoms with Crippen LogP contribution in [0.15, 0.2) is 72.8 Å². The molecule has 3 aromatic carbocycles. The number of carbonyl (C=O) groups is 2. The molecule has 1 aliphatic heterocycles. The lowest BCUT2D eigenvalue weighted by Gasteiger charge is -2.33. The number of hydrogen-bond donors (Lipinski definition) is 2. The Balaban J connectivity index is 1.26. The van der Waals surface area contributed by atoms with Crippen LogP contribution in [0.3, 0.4) is 0 Å². The first-order valence-corrected chi connectivity index (χ1v) is 11.5. The minimum absolute atomic E-state index is 0.0572. The maximum atomic E-state index is 14.5. The third-order valence-corrected chi connectivity index (χ3v) is 6.49. The molecule has 1 saturated heterocycles. The van der Waals surface area contributed by atoms with Gasteiger partial charge in [-0.05, 0) is 54.3 Å². The van der Waals surface area contributed by atoms with E-state index in [2.05, 4.69) is 15.5 Å². The Morgan fingerprint density at radius 3 is 2.21 bits per heavy atom. The van der Waals surface area contributed by atoms with Crippen molar-refractivity contribution in [1.29, 1.82) is 0 Å². The molecule has 0 spiro atoms. The molecule has 7 heteroatoms. The maximum Gasteiger partial charge on any atom is 0.255 e. The topological polar surface area (TPSA) is 70.7 Å². The van der Waals surface area contributed by atoms with E-state index < -0.39 is 11.4 Å². The lowest BCUT2D eigenvalue weighted by molar-refractivity contribution is -0.124. The standard InChI is InChI=1S/C27H26FN3O3/c28-23-11-10-22(18-24(23)30-26(33)27(12-13-27)31-14-16-34-17-15-31)29-25(32)21-8-6-20(7-9-21)19-4-2-1-3-5-19/h1-11,18H,12-17H2,(H,29,32)(H,30,33). The number of carbonyl (C=O) groups excluding carboxylic acids is 2. The zero-order valence-electron chi connectivity index (χ0n) is 18.7. The first kappa shape index (κ1) is 22.3. The van der Waals surface area contributed by atoms with Crippen LogP contribution in [-0.4, -0.2) is 48.6 Å². The molecule has 1 saturated carbocycles. The van der Waals surface area contributed by atoms with Crippen LogP contribution in [0.4, 0.5) is 15.8 Å². The van der Waals surface area contributed by atoms with Gasteiger partial charge in [-0.2, -0.15) is 0 Å². The van der Waals surface area contributed by atoms with Crippen molar-refractivity contribution in [3.63, 3.8) is 0 Å². The van der Waals surface area contributed by atoms with E-state index in [-0.39, 0.29) is 17.5 Å². The highest BCUT2D eigenvalue weighted by molar-refractivity contribution is 6.05. The Morgan fingerprint density at radius 1 is 0.853 bits per heavy atom. The Kier molecular flexibility index (Phi) is 6.13. The van der Waals surface area contributed by atoms with E-state index in [4.69, 9.17) is 4.74 Å². The number of anilines is 2. The molecule has 0 atom stereocenters. The van der Waals surface area contributed by atoms with Gasteiger partial charge in [0.15, 0.2) is 0 Å². The van der Waals surface area contributed by atoms with E-state index in [0.717, 1.165) is 24.0 Å². The third-order valence-electron chi connectivity index (χ3n) is 6.49. The molecule has 0 radical (unpaired) electrons. The highest BCUT2D eigenvalue weighted by atomic mass is 19.1. The molecular weight excluding hydrogens is 433 g/mol. The van der Waals surface area contributed by atoms with Crippen molar-refractivity contribution in [2.45, 2.75) is 18.4 Å². The second-order valence-electron chi connectivity index (χ2n) is 8.68. The first-order valence-electron chi connectivity index (χ1n) is 11.5. The van der Waals surface area contributed by atoms with E-state index in [1.807, 2.05) is 42.5 Å². The van der Waals surface area contributed by atoms with Gasteiger partial charge in [-0.25, -0.2) is 4.39 Å². The molecule has 34 heavy (non-hydrogen) atoms. The summed E-state index contributed by atoms with van der Waals surface area (Å²) in [6.07, 6.45) is 1.49. The number of hydrogen-bond acceptors (Lipinski definition) is 4. The fourth-order valence-corrected chi connectivity index (χ4v) is 4.38. The average Bonchev–Trinajstić information content (AvgIpc) is 3.70. The summed E-state index contributed by atoms with van der Waals surface area (Å²) in [7, 11) is 0. The van der Waals surface area contributed by atoms with Crippen LogP contribution in [0.1, 0.15) is 23.2 Å². The summed E-state index contributed by atoms with van der Waals surface area (Å²) in [5, 5.41) is 5.53. The second kappa shape index (κ2) is 9.37. The molecule has 3 aromatic rings. The highest BCUT2D eigenvalue weighted by Gasteiger charge is 2.54. The predicted molar refractivity (Wildman–Crippen MR) is 129 cm³/mol. The monoisotopic (exact) mass is 459 g/mol. The van der Waals surface area contributed by atoms with Gasteiger partial charge in [0.05, 0.1) is 18.9 Å². The van der Waals surface area contributed by atoms with Crippen LogP contribution in [0.25, 0.3) is 11.1 Å². The van der Waals surface area contributed by atoms with Gasteiger partial charge in [0.1, 0.15) is 11.4 Å². The molecule has 2 aliphatic rings. The number of ether oxygens (including phenoxy) is 1. The first-order chi connectivity index (χ1) is 16.5. The number of morpholine rings is 1. The molecule has 1 aliphatic carbocycles. The molecule has 5 rings (SSSR count). The number of benzene rings is 3. The third kappa shape index (κ3) is 4.58. The van der Waals surface area contributed by atoms with Gasteiger partial charge < -0.3 is 15.4 Å². The van der Waals surface area contributed by atoms with Crippen LogP contribution < -0.4 is 10.6 Å². The van der Waals surface area contributed by atoms with Crippen LogP contribution in [-0.2, 0) is 9.53 Å². The molecular formula is C27H26FN3O3. The van der Waals surface area contributed by atoms with Crippen LogP contribution in [0.2, 0.25) is 0 Å². The largest absolute Gasteiger partial charge is 0.379 e. The van der Waals surface area contributed by atoms with Crippen LogP contribution >= 0.6 is 0 Å². The van der Waals surface area contributed by atoms with E-state index >= 15 is 0 Å². The van der Waals surface area contributed by atoms with Crippen molar-refractivity contribution in [3.05, 3.63) is 84.2 Å². The minimum atomic E-state index is -0.587. The quantitative estimate of drug-likeness (QED) is 0.568. The smallest absolute Gasteiger partial charge is 0.255 e. The lowest BCUT2D eigenvalue weighted by Crippen LogP contribution is -2.51. The van der Waals surface area contributed by atoms with Gasteiger partial charge in [-0.15, -0.1) is 0 Å². The Labute approximate surface area is 197 Å². The van der Waals surface area contributed by atoms with Crippen molar-refractivity contribution in [3.8, 4) is 11.1 Å². The second-order valence-corrected chi connectivity index (χ2v) is 8.68. The molecule has 2 N–H and O–H groups in total.